The summed E-state index contributed by atoms with van der Waals surface area (Å²) in [5.41, 5.74) is -3.36. The second-order valence-corrected chi connectivity index (χ2v) is 7.04. The Morgan fingerprint density at radius 1 is 0.630 bits per heavy atom. The van der Waals surface area contributed by atoms with Crippen molar-refractivity contribution >= 4 is 12.2 Å². The fourth-order valence-electron chi connectivity index (χ4n) is 2.59. The van der Waals surface area contributed by atoms with Gasteiger partial charge in [-0.15, -0.1) is 5.46 Å². The molecule has 0 spiro atoms. The van der Waals surface area contributed by atoms with Gasteiger partial charge in [-0.3, -0.25) is 0 Å². The zero-order valence-electron chi connectivity index (χ0n) is 16.0. The molecule has 0 atom stereocenters. The molecule has 0 amide bonds. The van der Waals surface area contributed by atoms with Crippen molar-refractivity contribution in [2.45, 2.75) is 72.2 Å². The number of alkyl halides is 6. The van der Waals surface area contributed by atoms with Crippen molar-refractivity contribution in [2.75, 3.05) is 0 Å². The summed E-state index contributed by atoms with van der Waals surface area (Å²) in [5.74, 6) is 0. The van der Waals surface area contributed by atoms with Crippen LogP contribution in [0.5, 0.6) is 0 Å². The van der Waals surface area contributed by atoms with E-state index in [0.29, 0.717) is 12.1 Å². The first-order valence-electron chi connectivity index (χ1n) is 8.53. The summed E-state index contributed by atoms with van der Waals surface area (Å²) in [6.45, 7) is 6.45. The largest absolute Gasteiger partial charge is 0.539 e. The van der Waals surface area contributed by atoms with Crippen LogP contribution in [0.2, 0.25) is 0 Å². The summed E-state index contributed by atoms with van der Waals surface area (Å²) in [6.07, 6.45) is -11.7. The lowest BCUT2D eigenvalue weighted by molar-refractivity contribution is -0.143. The van der Waals surface area contributed by atoms with Crippen molar-refractivity contribution in [3.63, 3.8) is 0 Å². The highest BCUT2D eigenvalue weighted by atomic mass is 19.4. The lowest BCUT2D eigenvalue weighted by Gasteiger charge is -2.47. The molecule has 27 heavy (non-hydrogen) atoms. The number of hydrogen-bond donors (Lipinski definition) is 0. The highest BCUT2D eigenvalue weighted by Crippen LogP contribution is 2.35. The molecule has 0 bridgehead atoms. The number of halogens is 6. The smallest absolute Gasteiger partial charge is 0.416 e. The van der Waals surface area contributed by atoms with E-state index in [9.17, 15) is 26.3 Å². The molecule has 10 heteroatoms. The van der Waals surface area contributed by atoms with Crippen LogP contribution in [0.3, 0.4) is 0 Å². The maximum atomic E-state index is 13.2. The molecular weight excluding hydrogens is 377 g/mol. The summed E-state index contributed by atoms with van der Waals surface area (Å²) >= 11 is 0. The van der Waals surface area contributed by atoms with Crippen LogP contribution in [0.15, 0.2) is 18.2 Å². The molecule has 0 aliphatic heterocycles. The first-order chi connectivity index (χ1) is 12.1. The van der Waals surface area contributed by atoms with Crippen LogP contribution in [0, 0.1) is 0 Å². The van der Waals surface area contributed by atoms with Gasteiger partial charge in [-0.2, -0.15) is 26.3 Å². The summed E-state index contributed by atoms with van der Waals surface area (Å²) < 4.78 is 96.4. The zero-order chi connectivity index (χ0) is 21.2. The van der Waals surface area contributed by atoms with E-state index in [-0.39, 0.29) is 6.07 Å². The van der Waals surface area contributed by atoms with Gasteiger partial charge in [0, 0.05) is 18.3 Å². The second kappa shape index (κ2) is 8.40. The van der Waals surface area contributed by atoms with E-state index in [1.807, 2.05) is 0 Å². The van der Waals surface area contributed by atoms with Gasteiger partial charge in [-0.1, -0.05) is 12.1 Å². The predicted octanol–water partition coefficient (Wildman–Crippen LogP) is 5.15. The van der Waals surface area contributed by atoms with Crippen LogP contribution >= 0.6 is 0 Å². The molecule has 0 N–H and O–H groups in total. The average molecular weight is 401 g/mol. The van der Waals surface area contributed by atoms with Gasteiger partial charge in [0.1, 0.15) is 0 Å². The Morgan fingerprint density at radius 3 is 1.15 bits per heavy atom. The molecule has 0 fully saturated rings. The van der Waals surface area contributed by atoms with Crippen LogP contribution in [0.25, 0.3) is 0 Å². The van der Waals surface area contributed by atoms with Gasteiger partial charge >= 0.3 is 19.1 Å². The predicted molar refractivity (Wildman–Crippen MR) is 90.5 cm³/mol. The summed E-state index contributed by atoms with van der Waals surface area (Å²) in [4.78, 5) is 0. The molecule has 0 aliphatic carbocycles. The minimum Gasteiger partial charge on any atom is -0.539 e. The Morgan fingerprint density at radius 2 is 0.926 bits per heavy atom. The van der Waals surface area contributed by atoms with E-state index < -0.39 is 54.0 Å². The monoisotopic (exact) mass is 401 g/mol. The first kappa shape index (κ1) is 23.8. The maximum absolute atomic E-state index is 13.2. The molecule has 0 radical (unpaired) electrons. The second-order valence-electron chi connectivity index (χ2n) is 7.04. The first-order valence-corrected chi connectivity index (χ1v) is 8.53. The highest BCUT2D eigenvalue weighted by Gasteiger charge is 2.41. The fourth-order valence-corrected chi connectivity index (χ4v) is 2.59. The van der Waals surface area contributed by atoms with Gasteiger partial charge in [0.15, 0.2) is 0 Å². The van der Waals surface area contributed by atoms with Crippen LogP contribution in [0.1, 0.15) is 52.7 Å². The Labute approximate surface area is 155 Å². The minimum absolute atomic E-state index is 0.0600. The molecule has 0 aromatic heterocycles. The highest BCUT2D eigenvalue weighted by molar-refractivity contribution is 6.75. The van der Waals surface area contributed by atoms with Crippen molar-refractivity contribution in [2.24, 2.45) is 0 Å². The van der Waals surface area contributed by atoms with Gasteiger partial charge in [0.2, 0.25) is 0 Å². The van der Waals surface area contributed by atoms with Crippen molar-refractivity contribution in [1.29, 1.82) is 0 Å². The molecule has 0 heterocycles. The molecule has 0 saturated heterocycles. The fraction of sp³-hybridized carbons (Fsp3) is 0.647. The van der Waals surface area contributed by atoms with E-state index in [1.54, 1.807) is 41.5 Å². The number of benzene rings is 1. The maximum Gasteiger partial charge on any atom is 0.416 e. The Balaban J connectivity index is 3.76. The third-order valence-electron chi connectivity index (χ3n) is 3.37. The lowest BCUT2D eigenvalue weighted by Crippen LogP contribution is -2.60. The minimum atomic E-state index is -4.98. The zero-order valence-corrected chi connectivity index (χ0v) is 16.0. The molecule has 0 saturated carbocycles. The summed E-state index contributed by atoms with van der Waals surface area (Å²) in [5, 5.41) is 0. The Bertz CT molecular complexity index is 567. The van der Waals surface area contributed by atoms with Crippen molar-refractivity contribution in [1.82, 2.24) is 0 Å². The molecule has 1 rings (SSSR count). The van der Waals surface area contributed by atoms with E-state index in [4.69, 9.17) is 14.0 Å². The number of rotatable bonds is 7. The van der Waals surface area contributed by atoms with Gasteiger partial charge in [-0.25, -0.2) is 0 Å². The van der Waals surface area contributed by atoms with E-state index in [0.717, 1.165) is 0 Å². The lowest BCUT2D eigenvalue weighted by atomic mass is 9.67. The average Bonchev–Trinajstić information content (AvgIpc) is 2.42. The quantitative estimate of drug-likeness (QED) is 0.468. The SMILES string of the molecule is CC(C)O[B-](OC(C)C)(OC(C)C)c1cc(C(F)(F)F)cc(C(F)(F)F)c1. The van der Waals surface area contributed by atoms with Crippen molar-refractivity contribution in [3.05, 3.63) is 29.3 Å². The Hall–Kier alpha value is -1.26. The van der Waals surface area contributed by atoms with Gasteiger partial charge in [0.05, 0.1) is 11.1 Å². The molecule has 156 valence electrons. The summed E-state index contributed by atoms with van der Waals surface area (Å²) in [7, 11) is 0. The van der Waals surface area contributed by atoms with Gasteiger partial charge < -0.3 is 14.0 Å². The molecule has 3 nitrogen and oxygen atoms in total. The topological polar surface area (TPSA) is 27.7 Å². The molecular formula is C17H24BF6O3-. The van der Waals surface area contributed by atoms with Crippen molar-refractivity contribution < 1.29 is 40.3 Å². The van der Waals surface area contributed by atoms with E-state index in [1.165, 1.54) is 0 Å². The third-order valence-corrected chi connectivity index (χ3v) is 3.37. The normalized spacial score (nSPS) is 13.9. The molecule has 1 aromatic carbocycles. The Kier molecular flexibility index (Phi) is 7.40. The van der Waals surface area contributed by atoms with Crippen LogP contribution < -0.4 is 5.46 Å². The summed E-state index contributed by atoms with van der Waals surface area (Å²) in [6, 6.07) is 1.23. The van der Waals surface area contributed by atoms with E-state index in [2.05, 4.69) is 0 Å². The van der Waals surface area contributed by atoms with Gasteiger partial charge in [-0.05, 0) is 47.6 Å². The van der Waals surface area contributed by atoms with Crippen molar-refractivity contribution in [3.8, 4) is 0 Å². The number of hydrogen-bond acceptors (Lipinski definition) is 3. The van der Waals surface area contributed by atoms with Crippen LogP contribution in [-0.2, 0) is 26.3 Å². The van der Waals surface area contributed by atoms with E-state index >= 15 is 0 Å². The molecule has 0 aliphatic rings. The standard InChI is InChI=1S/C17H24BF6O3/c1-10(2)25-18(26-11(3)4,27-12(5)6)15-8-13(16(19,20)21)7-14(9-15)17(22,23)24/h7-12H,1-6H3/q-1. The van der Waals surface area contributed by atoms with Crippen LogP contribution in [-0.4, -0.2) is 25.1 Å². The molecule has 0 unspecified atom stereocenters. The van der Waals surface area contributed by atoms with Crippen LogP contribution in [0.4, 0.5) is 26.3 Å². The third kappa shape index (κ3) is 6.69. The molecule has 1 aromatic rings. The van der Waals surface area contributed by atoms with Gasteiger partial charge in [0.25, 0.3) is 0 Å².